The molecule has 1 amide bonds. The number of ether oxygens (including phenoxy) is 1. The van der Waals surface area contributed by atoms with Crippen LogP contribution in [0.3, 0.4) is 0 Å². The molecular weight excluding hydrogens is 300 g/mol. The van der Waals surface area contributed by atoms with Gasteiger partial charge in [-0.1, -0.05) is 0 Å². The lowest BCUT2D eigenvalue weighted by Gasteiger charge is -2.31. The average Bonchev–Trinajstić information content (AvgIpc) is 2.45. The molecule has 0 aromatic carbocycles. The van der Waals surface area contributed by atoms with Gasteiger partial charge in [0.2, 0.25) is 5.95 Å². The number of nitrogens with one attached hydrogen (secondary N) is 1. The van der Waals surface area contributed by atoms with Crippen LogP contribution >= 0.6 is 0 Å². The first kappa shape index (κ1) is 17.0. The summed E-state index contributed by atoms with van der Waals surface area (Å²) in [5.74, 6) is -0.469. The number of hydrogen-bond donors (Lipinski definition) is 2. The van der Waals surface area contributed by atoms with Crippen LogP contribution in [0.4, 0.5) is 16.6 Å². The van der Waals surface area contributed by atoms with E-state index in [-0.39, 0.29) is 5.95 Å². The van der Waals surface area contributed by atoms with Crippen LogP contribution in [-0.2, 0) is 9.53 Å². The summed E-state index contributed by atoms with van der Waals surface area (Å²) in [5, 5.41) is 11.6. The number of piperidine rings is 1. The fourth-order valence-electron chi connectivity index (χ4n) is 2.37. The molecule has 1 aliphatic rings. The SMILES string of the molecule is CC(C)(C)OC(=O)Nc1nccc(N2CCCC(C(=O)O)C2)n1. The summed E-state index contributed by atoms with van der Waals surface area (Å²) in [6, 6.07) is 1.70. The second kappa shape index (κ2) is 6.80. The second-order valence-electron chi connectivity index (χ2n) is 6.49. The highest BCUT2D eigenvalue weighted by molar-refractivity contribution is 5.82. The molecule has 0 bridgehead atoms. The predicted octanol–water partition coefficient (Wildman–Crippen LogP) is 2.12. The molecular formula is C15H22N4O4. The van der Waals surface area contributed by atoms with E-state index in [9.17, 15) is 9.59 Å². The van der Waals surface area contributed by atoms with Crippen molar-refractivity contribution in [3.63, 3.8) is 0 Å². The Morgan fingerprint density at radius 2 is 2.17 bits per heavy atom. The topological polar surface area (TPSA) is 105 Å². The highest BCUT2D eigenvalue weighted by Gasteiger charge is 2.26. The first-order valence-electron chi connectivity index (χ1n) is 7.55. The van der Waals surface area contributed by atoms with E-state index in [1.165, 1.54) is 6.20 Å². The molecule has 1 aromatic heterocycles. The monoisotopic (exact) mass is 322 g/mol. The summed E-state index contributed by atoms with van der Waals surface area (Å²) in [6.07, 6.45) is 2.35. The molecule has 0 aliphatic carbocycles. The quantitative estimate of drug-likeness (QED) is 0.878. The van der Waals surface area contributed by atoms with Crippen molar-refractivity contribution < 1.29 is 19.4 Å². The van der Waals surface area contributed by atoms with Crippen LogP contribution in [0.2, 0.25) is 0 Å². The molecule has 8 nitrogen and oxygen atoms in total. The highest BCUT2D eigenvalue weighted by atomic mass is 16.6. The van der Waals surface area contributed by atoms with E-state index in [1.54, 1.807) is 26.8 Å². The molecule has 1 aromatic rings. The number of amides is 1. The van der Waals surface area contributed by atoms with Crippen molar-refractivity contribution in [1.29, 1.82) is 0 Å². The van der Waals surface area contributed by atoms with Gasteiger partial charge >= 0.3 is 12.1 Å². The van der Waals surface area contributed by atoms with Gasteiger partial charge in [0.25, 0.3) is 0 Å². The maximum absolute atomic E-state index is 11.8. The average molecular weight is 322 g/mol. The molecule has 0 radical (unpaired) electrons. The van der Waals surface area contributed by atoms with Crippen LogP contribution in [0.25, 0.3) is 0 Å². The molecule has 0 spiro atoms. The van der Waals surface area contributed by atoms with Gasteiger partial charge in [-0.05, 0) is 39.7 Å². The number of aromatic nitrogens is 2. The van der Waals surface area contributed by atoms with Gasteiger partial charge in [-0.15, -0.1) is 0 Å². The lowest BCUT2D eigenvalue weighted by molar-refractivity contribution is -0.141. The summed E-state index contributed by atoms with van der Waals surface area (Å²) in [5.41, 5.74) is -0.608. The maximum Gasteiger partial charge on any atom is 0.414 e. The Morgan fingerprint density at radius 3 is 2.83 bits per heavy atom. The minimum Gasteiger partial charge on any atom is -0.481 e. The summed E-state index contributed by atoms with van der Waals surface area (Å²) < 4.78 is 5.15. The van der Waals surface area contributed by atoms with Crippen molar-refractivity contribution in [3.8, 4) is 0 Å². The predicted molar refractivity (Wildman–Crippen MR) is 84.5 cm³/mol. The third kappa shape index (κ3) is 5.08. The van der Waals surface area contributed by atoms with Crippen LogP contribution in [-0.4, -0.2) is 45.8 Å². The van der Waals surface area contributed by atoms with Crippen LogP contribution in [0.1, 0.15) is 33.6 Å². The van der Waals surface area contributed by atoms with Crippen molar-refractivity contribution in [2.24, 2.45) is 5.92 Å². The minimum absolute atomic E-state index is 0.134. The number of rotatable bonds is 3. The summed E-state index contributed by atoms with van der Waals surface area (Å²) in [6.45, 7) is 6.43. The fraction of sp³-hybridized carbons (Fsp3) is 0.600. The molecule has 1 saturated heterocycles. The number of nitrogens with zero attached hydrogens (tertiary/aromatic N) is 3. The lowest BCUT2D eigenvalue weighted by atomic mass is 9.98. The molecule has 8 heteroatoms. The number of carboxylic acids is 1. The second-order valence-corrected chi connectivity index (χ2v) is 6.49. The molecule has 23 heavy (non-hydrogen) atoms. The fourth-order valence-corrected chi connectivity index (χ4v) is 2.37. The normalized spacial score (nSPS) is 18.4. The first-order chi connectivity index (χ1) is 10.7. The highest BCUT2D eigenvalue weighted by Crippen LogP contribution is 2.22. The summed E-state index contributed by atoms with van der Waals surface area (Å²) >= 11 is 0. The van der Waals surface area contributed by atoms with Crippen LogP contribution in [0, 0.1) is 5.92 Å². The third-order valence-corrected chi connectivity index (χ3v) is 3.35. The van der Waals surface area contributed by atoms with E-state index < -0.39 is 23.6 Å². The summed E-state index contributed by atoms with van der Waals surface area (Å²) in [4.78, 5) is 33.1. The van der Waals surface area contributed by atoms with Gasteiger partial charge in [0.15, 0.2) is 0 Å². The Morgan fingerprint density at radius 1 is 1.43 bits per heavy atom. The molecule has 1 atom stereocenters. The van der Waals surface area contributed by atoms with Gasteiger partial charge in [-0.2, -0.15) is 4.98 Å². The number of carbonyl (C=O) groups is 2. The van der Waals surface area contributed by atoms with Crippen LogP contribution in [0.5, 0.6) is 0 Å². The van der Waals surface area contributed by atoms with Crippen LogP contribution < -0.4 is 10.2 Å². The molecule has 2 rings (SSSR count). The zero-order chi connectivity index (χ0) is 17.0. The number of aliphatic carboxylic acids is 1. The van der Waals surface area contributed by atoms with Crippen molar-refractivity contribution >= 4 is 23.8 Å². The smallest absolute Gasteiger partial charge is 0.414 e. The van der Waals surface area contributed by atoms with E-state index in [2.05, 4.69) is 15.3 Å². The standard InChI is InChI=1S/C15H22N4O4/c1-15(2,3)23-14(22)18-13-16-7-6-11(17-13)19-8-4-5-10(9-19)12(20)21/h6-7,10H,4-5,8-9H2,1-3H3,(H,20,21)(H,16,17,18,22). The molecule has 126 valence electrons. The van der Waals surface area contributed by atoms with Crippen LogP contribution in [0.15, 0.2) is 12.3 Å². The number of hydrogen-bond acceptors (Lipinski definition) is 6. The zero-order valence-electron chi connectivity index (χ0n) is 13.6. The van der Waals surface area contributed by atoms with Crippen molar-refractivity contribution in [2.45, 2.75) is 39.2 Å². The van der Waals surface area contributed by atoms with E-state index in [0.29, 0.717) is 18.8 Å². The molecule has 2 heterocycles. The summed E-state index contributed by atoms with van der Waals surface area (Å²) in [7, 11) is 0. The number of anilines is 2. The first-order valence-corrected chi connectivity index (χ1v) is 7.55. The van der Waals surface area contributed by atoms with E-state index >= 15 is 0 Å². The Kier molecular flexibility index (Phi) is 5.02. The van der Waals surface area contributed by atoms with E-state index in [1.807, 2.05) is 4.90 Å². The third-order valence-electron chi connectivity index (χ3n) is 3.35. The van der Waals surface area contributed by atoms with Gasteiger partial charge < -0.3 is 14.7 Å². The molecule has 1 fully saturated rings. The van der Waals surface area contributed by atoms with Gasteiger partial charge in [0.1, 0.15) is 11.4 Å². The Labute approximate surface area is 134 Å². The van der Waals surface area contributed by atoms with Crippen molar-refractivity contribution in [3.05, 3.63) is 12.3 Å². The van der Waals surface area contributed by atoms with Gasteiger partial charge in [0.05, 0.1) is 5.92 Å². The van der Waals surface area contributed by atoms with Crippen molar-refractivity contribution in [2.75, 3.05) is 23.3 Å². The van der Waals surface area contributed by atoms with Gasteiger partial charge in [-0.3, -0.25) is 10.1 Å². The minimum atomic E-state index is -0.796. The Hall–Kier alpha value is -2.38. The number of carbonyl (C=O) groups excluding carboxylic acids is 1. The molecule has 0 saturated carbocycles. The Balaban J connectivity index is 2.04. The largest absolute Gasteiger partial charge is 0.481 e. The maximum atomic E-state index is 11.8. The van der Waals surface area contributed by atoms with E-state index in [0.717, 1.165) is 13.0 Å². The van der Waals surface area contributed by atoms with Gasteiger partial charge in [0, 0.05) is 19.3 Å². The Bertz CT molecular complexity index is 585. The lowest BCUT2D eigenvalue weighted by Crippen LogP contribution is -2.39. The zero-order valence-corrected chi connectivity index (χ0v) is 13.6. The number of carboxylic acid groups (broad SMARTS) is 1. The van der Waals surface area contributed by atoms with Gasteiger partial charge in [-0.25, -0.2) is 9.78 Å². The molecule has 1 unspecified atom stereocenters. The van der Waals surface area contributed by atoms with Crippen molar-refractivity contribution in [1.82, 2.24) is 9.97 Å². The van der Waals surface area contributed by atoms with E-state index in [4.69, 9.17) is 9.84 Å². The molecule has 1 aliphatic heterocycles. The molecule has 2 N–H and O–H groups in total.